The Morgan fingerprint density at radius 2 is 1.11 bits per heavy atom. The van der Waals surface area contributed by atoms with Crippen molar-refractivity contribution in [3.8, 4) is 11.1 Å². The van der Waals surface area contributed by atoms with Crippen LogP contribution < -0.4 is 46.8 Å². The van der Waals surface area contributed by atoms with Crippen molar-refractivity contribution in [1.82, 2.24) is 4.40 Å². The zero-order chi connectivity index (χ0) is 42.8. The van der Waals surface area contributed by atoms with E-state index in [9.17, 15) is 0 Å². The van der Waals surface area contributed by atoms with Crippen molar-refractivity contribution in [2.24, 2.45) is 0 Å². The predicted octanol–water partition coefficient (Wildman–Crippen LogP) is 9.02. The van der Waals surface area contributed by atoms with Gasteiger partial charge in [0.2, 0.25) is 0 Å². The molecule has 1 aliphatic carbocycles. The lowest BCUT2D eigenvalue weighted by atomic mass is 9.99. The molecule has 0 radical (unpaired) electrons. The molecule has 11 aromatic rings. The van der Waals surface area contributed by atoms with Crippen molar-refractivity contribution in [2.45, 2.75) is 12.5 Å². The van der Waals surface area contributed by atoms with Crippen molar-refractivity contribution in [1.29, 1.82) is 0 Å². The molecule has 0 amide bonds. The molecule has 1 unspecified atom stereocenters. The van der Waals surface area contributed by atoms with E-state index in [1.807, 2.05) is 12.1 Å². The number of aromatic nitrogens is 1. The van der Waals surface area contributed by atoms with Gasteiger partial charge in [0.25, 0.3) is 0 Å². The van der Waals surface area contributed by atoms with Gasteiger partial charge >= 0.3 is 0 Å². The van der Waals surface area contributed by atoms with Gasteiger partial charge < -0.3 is 13.7 Å². The first-order valence-electron chi connectivity index (χ1n) is 22.1. The minimum atomic E-state index is -2.70. The molecule has 3 aromatic heterocycles. The molecule has 64 heavy (non-hydrogen) atoms. The summed E-state index contributed by atoms with van der Waals surface area (Å²) >= 11 is 0. The van der Waals surface area contributed by atoms with Gasteiger partial charge in [0.1, 0.15) is 11.0 Å². The Morgan fingerprint density at radius 3 is 1.75 bits per heavy atom. The van der Waals surface area contributed by atoms with Gasteiger partial charge in [-0.15, -0.1) is 0 Å². The summed E-state index contributed by atoms with van der Waals surface area (Å²) in [6, 6.07) is 73.7. The number of para-hydroxylation sites is 2. The summed E-state index contributed by atoms with van der Waals surface area (Å²) < 4.78 is 8.83. The molecule has 1 aliphatic rings. The summed E-state index contributed by atoms with van der Waals surface area (Å²) in [7, 11) is -2.70. The van der Waals surface area contributed by atoms with Gasteiger partial charge in [0, 0.05) is 48.7 Å². The first-order valence-corrected chi connectivity index (χ1v) is 24.1. The number of anilines is 2. The average molecular weight is 837 g/mol. The molecule has 0 fully saturated rings. The van der Waals surface area contributed by atoms with E-state index in [0.29, 0.717) is 0 Å². The fraction of sp³-hybridized carbons (Fsp3) is 0.0333. The van der Waals surface area contributed by atoms with Crippen LogP contribution in [0.4, 0.5) is 11.4 Å². The number of fused-ring (bicyclic) bond motifs is 6. The Labute approximate surface area is 372 Å². The molecule has 8 aromatic carbocycles. The molecule has 3 heterocycles. The lowest BCUT2D eigenvalue weighted by molar-refractivity contribution is 0.568. The highest BCUT2D eigenvalue weighted by Crippen LogP contribution is 2.37. The van der Waals surface area contributed by atoms with Gasteiger partial charge in [-0.3, -0.25) is 0 Å². The number of allylic oxidation sites excluding steroid dienone is 1. The number of hydrogen-bond acceptors (Lipinski definition) is 2. The topological polar surface area (TPSA) is 20.8 Å². The second kappa shape index (κ2) is 15.2. The van der Waals surface area contributed by atoms with E-state index in [1.54, 1.807) is 0 Å². The second-order valence-electron chi connectivity index (χ2n) is 16.9. The zero-order valence-corrected chi connectivity index (χ0v) is 36.4. The smallest absolute Gasteiger partial charge is 0.179 e. The molecule has 0 aliphatic heterocycles. The van der Waals surface area contributed by atoms with Gasteiger partial charge in [-0.1, -0.05) is 183 Å². The Balaban J connectivity index is 1.01. The maximum atomic E-state index is 6.52. The number of hydrogen-bond donors (Lipinski definition) is 0. The van der Waals surface area contributed by atoms with Gasteiger partial charge in [-0.05, 0) is 92.9 Å². The Hall–Kier alpha value is -7.92. The molecule has 1 atom stereocenters. The monoisotopic (exact) mass is 836 g/mol. The molecule has 0 saturated heterocycles. The number of furan rings is 1. The van der Waals surface area contributed by atoms with E-state index in [0.717, 1.165) is 50.3 Å². The van der Waals surface area contributed by atoms with Crippen LogP contribution in [0.2, 0.25) is 0 Å². The molecule has 0 N–H and O–H groups in total. The lowest BCUT2D eigenvalue weighted by Crippen LogP contribution is -2.74. The van der Waals surface area contributed by atoms with Crippen LogP contribution in [0.15, 0.2) is 217 Å². The molecule has 0 bridgehead atoms. The molecule has 0 saturated carbocycles. The maximum Gasteiger partial charge on any atom is 0.179 e. The number of nitrogens with zero attached hydrogens (tertiary/aromatic N) is 2. The summed E-state index contributed by atoms with van der Waals surface area (Å²) in [4.78, 5) is 2.49. The number of rotatable bonds is 9. The summed E-state index contributed by atoms with van der Waals surface area (Å²) in [5, 5.41) is 13.5. The lowest BCUT2D eigenvalue weighted by Gasteiger charge is -2.36. The second-order valence-corrected chi connectivity index (χ2v) is 20.7. The molecule has 3 nitrogen and oxygen atoms in total. The highest BCUT2D eigenvalue weighted by atomic mass is 28.3. The summed E-state index contributed by atoms with van der Waals surface area (Å²) in [5.41, 5.74) is 8.81. The predicted molar refractivity (Wildman–Crippen MR) is 273 cm³/mol. The fourth-order valence-corrected chi connectivity index (χ4v) is 15.4. The highest BCUT2D eigenvalue weighted by Gasteiger charge is 2.41. The number of benzene rings is 8. The van der Waals surface area contributed by atoms with E-state index in [-0.39, 0.29) is 6.04 Å². The van der Waals surface area contributed by atoms with Crippen LogP contribution in [0, 0.1) is 0 Å². The zero-order valence-electron chi connectivity index (χ0n) is 35.4. The molecular weight excluding hydrogens is 793 g/mol. The minimum absolute atomic E-state index is 0.0185. The van der Waals surface area contributed by atoms with E-state index in [4.69, 9.17) is 4.42 Å². The van der Waals surface area contributed by atoms with Crippen LogP contribution in [0.25, 0.3) is 74.1 Å². The summed E-state index contributed by atoms with van der Waals surface area (Å²) in [6.45, 7) is 8.59. The third kappa shape index (κ3) is 5.80. The molecular formula is C60H44N2OSi. The van der Waals surface area contributed by atoms with Crippen LogP contribution in [0.5, 0.6) is 0 Å². The molecule has 0 spiro atoms. The largest absolute Gasteiger partial charge is 0.456 e. The third-order valence-electron chi connectivity index (χ3n) is 13.5. The summed E-state index contributed by atoms with van der Waals surface area (Å²) in [6.07, 6.45) is 9.47. The Kier molecular flexibility index (Phi) is 8.96. The van der Waals surface area contributed by atoms with Crippen molar-refractivity contribution in [3.63, 3.8) is 0 Å². The highest BCUT2D eigenvalue weighted by molar-refractivity contribution is 7.19. The van der Waals surface area contributed by atoms with Gasteiger partial charge in [0.15, 0.2) is 8.07 Å². The van der Waals surface area contributed by atoms with Crippen molar-refractivity contribution in [3.05, 3.63) is 234 Å². The van der Waals surface area contributed by atoms with Crippen LogP contribution in [0.3, 0.4) is 0 Å². The van der Waals surface area contributed by atoms with Crippen molar-refractivity contribution in [2.75, 3.05) is 4.90 Å². The first kappa shape index (κ1) is 37.8. The van der Waals surface area contributed by atoms with E-state index in [1.165, 1.54) is 58.7 Å². The SMILES string of the molecule is C=C/C=c1\c(=C)n2c3ccccc3c3cc(-c4ccc(N(c5ccc([Si](c6ccccc6)(c6ccccc6)c6ccccc6)cc5)C5C=c6oc7ccccc7c6=CC5)cc4)cc1c32. The van der Waals surface area contributed by atoms with E-state index in [2.05, 4.69) is 235 Å². The average Bonchev–Trinajstić information content (AvgIpc) is 3.99. The van der Waals surface area contributed by atoms with Gasteiger partial charge in [-0.2, -0.15) is 0 Å². The Morgan fingerprint density at radius 1 is 0.562 bits per heavy atom. The van der Waals surface area contributed by atoms with Gasteiger partial charge in [0.05, 0.1) is 17.1 Å². The van der Waals surface area contributed by atoms with E-state index < -0.39 is 8.07 Å². The van der Waals surface area contributed by atoms with Crippen LogP contribution in [0.1, 0.15) is 6.42 Å². The quantitative estimate of drug-likeness (QED) is 0.107. The Bertz CT molecular complexity index is 3680. The molecule has 304 valence electrons. The third-order valence-corrected chi connectivity index (χ3v) is 18.3. The fourth-order valence-electron chi connectivity index (χ4n) is 10.7. The van der Waals surface area contributed by atoms with Crippen molar-refractivity contribution < 1.29 is 4.42 Å². The first-order chi connectivity index (χ1) is 31.6. The van der Waals surface area contributed by atoms with Gasteiger partial charge in [-0.25, -0.2) is 0 Å². The van der Waals surface area contributed by atoms with Crippen LogP contribution in [-0.2, 0) is 0 Å². The van der Waals surface area contributed by atoms with Crippen LogP contribution >= 0.6 is 0 Å². The molecule has 12 rings (SSSR count). The summed E-state index contributed by atoms with van der Waals surface area (Å²) in [5.74, 6) is 0. The van der Waals surface area contributed by atoms with Crippen LogP contribution in [-0.4, -0.2) is 18.5 Å². The minimum Gasteiger partial charge on any atom is -0.456 e. The maximum absolute atomic E-state index is 6.52. The van der Waals surface area contributed by atoms with Crippen molar-refractivity contribution >= 4 is 103 Å². The standard InChI is InChI=1S/C60H44N2OSi/c1-3-17-51-41(2)61-57-26-15-13-24-52(57)56-39-43(38-55(51)60(56)61)42-28-30-44(31-29-42)62(46-34-37-54-53-25-14-16-27-58(53)63-59(54)40-46)45-32-35-50(36-33-45)64(47-18-7-4-8-19-47,48-20-9-5-10-21-48)49-22-11-6-12-23-49/h3-33,35-40,46H,1-2,34H2/b51-17+. The molecule has 4 heteroatoms. The normalized spacial score (nSPS) is 14.2. The van der Waals surface area contributed by atoms with E-state index >= 15 is 0 Å².